The van der Waals surface area contributed by atoms with Crippen molar-refractivity contribution < 1.29 is 23.8 Å². The van der Waals surface area contributed by atoms with Gasteiger partial charge in [0.05, 0.1) is 32.9 Å². The summed E-state index contributed by atoms with van der Waals surface area (Å²) in [6.07, 6.45) is 1.89. The lowest BCUT2D eigenvalue weighted by Crippen LogP contribution is -2.44. The number of carbonyl (C=O) groups is 2. The molecule has 0 aliphatic heterocycles. The van der Waals surface area contributed by atoms with Gasteiger partial charge in [-0.3, -0.25) is 9.59 Å². The predicted molar refractivity (Wildman–Crippen MR) is 103 cm³/mol. The Morgan fingerprint density at radius 2 is 1.89 bits per heavy atom. The zero-order chi connectivity index (χ0) is 20.8. The Kier molecular flexibility index (Phi) is 6.97. The Hall–Kier alpha value is -3.10. The van der Waals surface area contributed by atoms with E-state index in [0.717, 1.165) is 4.68 Å². The summed E-state index contributed by atoms with van der Waals surface area (Å²) < 4.78 is 16.3. The third-order valence-corrected chi connectivity index (χ3v) is 4.18. The van der Waals surface area contributed by atoms with E-state index in [1.807, 2.05) is 13.8 Å². The summed E-state index contributed by atoms with van der Waals surface area (Å²) in [4.78, 5) is 37.2. The molecule has 0 radical (unpaired) electrons. The number of carbonyl (C=O) groups excluding carboxylic acids is 2. The summed E-state index contributed by atoms with van der Waals surface area (Å²) in [7, 11) is 4.16. The molecule has 152 valence electrons. The zero-order valence-electron chi connectivity index (χ0n) is 16.6. The lowest BCUT2D eigenvalue weighted by molar-refractivity contribution is -0.145. The van der Waals surface area contributed by atoms with Crippen LogP contribution in [0, 0.1) is 5.92 Å². The van der Waals surface area contributed by atoms with Gasteiger partial charge in [0, 0.05) is 5.39 Å². The van der Waals surface area contributed by atoms with E-state index >= 15 is 0 Å². The van der Waals surface area contributed by atoms with Crippen molar-refractivity contribution in [1.82, 2.24) is 15.1 Å². The number of benzene rings is 1. The van der Waals surface area contributed by atoms with Gasteiger partial charge in [0.2, 0.25) is 5.91 Å². The second-order valence-corrected chi connectivity index (χ2v) is 6.65. The van der Waals surface area contributed by atoms with E-state index in [1.165, 1.54) is 27.5 Å². The monoisotopic (exact) mass is 391 g/mol. The van der Waals surface area contributed by atoms with E-state index in [1.54, 1.807) is 12.1 Å². The molecule has 1 atom stereocenters. The fourth-order valence-corrected chi connectivity index (χ4v) is 2.90. The summed E-state index contributed by atoms with van der Waals surface area (Å²) in [5.74, 6) is -0.215. The highest BCUT2D eigenvalue weighted by Crippen LogP contribution is 2.32. The van der Waals surface area contributed by atoms with Crippen molar-refractivity contribution in [2.75, 3.05) is 21.3 Å². The molecule has 0 saturated heterocycles. The molecule has 1 unspecified atom stereocenters. The van der Waals surface area contributed by atoms with Gasteiger partial charge in [-0.05, 0) is 24.5 Å². The Labute approximate surface area is 162 Å². The quantitative estimate of drug-likeness (QED) is 0.672. The minimum atomic E-state index is -0.789. The third-order valence-electron chi connectivity index (χ3n) is 4.18. The molecule has 1 aromatic carbocycles. The van der Waals surface area contributed by atoms with Crippen LogP contribution in [0.4, 0.5) is 0 Å². The minimum Gasteiger partial charge on any atom is -0.493 e. The highest BCUT2D eigenvalue weighted by molar-refractivity contribution is 5.90. The maximum Gasteiger partial charge on any atom is 0.328 e. The first-order valence-electron chi connectivity index (χ1n) is 8.80. The molecule has 1 aromatic heterocycles. The van der Waals surface area contributed by atoms with Crippen molar-refractivity contribution >= 4 is 22.6 Å². The maximum absolute atomic E-state index is 12.9. The zero-order valence-corrected chi connectivity index (χ0v) is 16.6. The Morgan fingerprint density at radius 3 is 2.46 bits per heavy atom. The number of nitrogens with one attached hydrogen (secondary N) is 1. The first kappa shape index (κ1) is 21.2. The van der Waals surface area contributed by atoms with E-state index in [-0.39, 0.29) is 23.6 Å². The Morgan fingerprint density at radius 1 is 1.18 bits per heavy atom. The molecule has 0 aliphatic rings. The van der Waals surface area contributed by atoms with E-state index < -0.39 is 23.5 Å². The van der Waals surface area contributed by atoms with Gasteiger partial charge in [-0.25, -0.2) is 9.48 Å². The Balaban J connectivity index is 2.33. The van der Waals surface area contributed by atoms with Gasteiger partial charge >= 0.3 is 5.97 Å². The second kappa shape index (κ2) is 9.20. The van der Waals surface area contributed by atoms with E-state index in [0.29, 0.717) is 17.6 Å². The number of ether oxygens (including phenoxy) is 3. The van der Waals surface area contributed by atoms with Crippen molar-refractivity contribution in [3.05, 3.63) is 28.7 Å². The van der Waals surface area contributed by atoms with Gasteiger partial charge in [-0.2, -0.15) is 5.10 Å². The van der Waals surface area contributed by atoms with Crippen LogP contribution in [-0.2, 0) is 20.9 Å². The van der Waals surface area contributed by atoms with Gasteiger partial charge in [0.15, 0.2) is 11.5 Å². The molecule has 9 heteroatoms. The summed E-state index contributed by atoms with van der Waals surface area (Å²) in [6.45, 7) is 3.51. The minimum absolute atomic E-state index is 0.169. The third kappa shape index (κ3) is 4.59. The average molecular weight is 391 g/mol. The van der Waals surface area contributed by atoms with Crippen LogP contribution in [-0.4, -0.2) is 49.0 Å². The Bertz CT molecular complexity index is 922. The fraction of sp³-hybridized carbons (Fsp3) is 0.474. The number of rotatable bonds is 8. The van der Waals surface area contributed by atoms with Gasteiger partial charge in [-0.15, -0.1) is 0 Å². The number of methoxy groups -OCH3 is 3. The van der Waals surface area contributed by atoms with Crippen molar-refractivity contribution in [3.63, 3.8) is 0 Å². The summed E-state index contributed by atoms with van der Waals surface area (Å²) >= 11 is 0. The van der Waals surface area contributed by atoms with Crippen molar-refractivity contribution in [2.45, 2.75) is 32.9 Å². The summed E-state index contributed by atoms with van der Waals surface area (Å²) in [5, 5.41) is 7.47. The molecule has 1 N–H and O–H groups in total. The van der Waals surface area contributed by atoms with Crippen molar-refractivity contribution in [1.29, 1.82) is 0 Å². The number of aromatic nitrogens is 2. The number of amides is 1. The van der Waals surface area contributed by atoms with E-state index in [2.05, 4.69) is 10.4 Å². The van der Waals surface area contributed by atoms with Crippen molar-refractivity contribution in [3.8, 4) is 11.5 Å². The predicted octanol–water partition coefficient (Wildman–Crippen LogP) is 1.12. The molecule has 0 spiro atoms. The molecule has 0 saturated carbocycles. The largest absolute Gasteiger partial charge is 0.493 e. The molecule has 28 heavy (non-hydrogen) atoms. The van der Waals surface area contributed by atoms with Crippen LogP contribution < -0.4 is 20.3 Å². The first-order chi connectivity index (χ1) is 13.3. The summed E-state index contributed by atoms with van der Waals surface area (Å²) in [6, 6.07) is 2.57. The van der Waals surface area contributed by atoms with Gasteiger partial charge < -0.3 is 19.5 Å². The second-order valence-electron chi connectivity index (χ2n) is 6.65. The topological polar surface area (TPSA) is 109 Å². The molecule has 0 bridgehead atoms. The van der Waals surface area contributed by atoms with Crippen LogP contribution in [0.15, 0.2) is 23.1 Å². The molecule has 2 rings (SSSR count). The standard InChI is InChI=1S/C19H25N3O6/c1-11(2)8-13(19(25)28-5)21-15(23)10-22-18(24)16-12(9-20-22)6-7-14(26-3)17(16)27-4/h6-7,9,11,13H,8,10H2,1-5H3,(H,21,23). The van der Waals surface area contributed by atoms with Crippen LogP contribution >= 0.6 is 0 Å². The van der Waals surface area contributed by atoms with Crippen LogP contribution in [0.1, 0.15) is 20.3 Å². The average Bonchev–Trinajstić information content (AvgIpc) is 2.67. The number of nitrogens with zero attached hydrogens (tertiary/aromatic N) is 2. The van der Waals surface area contributed by atoms with Crippen LogP contribution in [0.2, 0.25) is 0 Å². The molecule has 0 aliphatic carbocycles. The molecule has 9 nitrogen and oxygen atoms in total. The van der Waals surface area contributed by atoms with Crippen molar-refractivity contribution in [2.24, 2.45) is 5.92 Å². The smallest absolute Gasteiger partial charge is 0.328 e. The first-order valence-corrected chi connectivity index (χ1v) is 8.80. The maximum atomic E-state index is 12.9. The molecule has 1 amide bonds. The van der Waals surface area contributed by atoms with Gasteiger partial charge in [0.1, 0.15) is 12.6 Å². The number of hydrogen-bond acceptors (Lipinski definition) is 7. The van der Waals surface area contributed by atoms with E-state index in [9.17, 15) is 14.4 Å². The van der Waals surface area contributed by atoms with Gasteiger partial charge in [0.25, 0.3) is 5.56 Å². The molecule has 2 aromatic rings. The lowest BCUT2D eigenvalue weighted by Gasteiger charge is -2.18. The van der Waals surface area contributed by atoms with Crippen LogP contribution in [0.25, 0.3) is 10.8 Å². The molecule has 1 heterocycles. The number of esters is 1. The molecular formula is C19H25N3O6. The summed E-state index contributed by atoms with van der Waals surface area (Å²) in [5.41, 5.74) is -0.498. The number of hydrogen-bond donors (Lipinski definition) is 1. The van der Waals surface area contributed by atoms with Gasteiger partial charge in [-0.1, -0.05) is 13.8 Å². The lowest BCUT2D eigenvalue weighted by atomic mass is 10.0. The highest BCUT2D eigenvalue weighted by atomic mass is 16.5. The fourth-order valence-electron chi connectivity index (χ4n) is 2.90. The molecule has 0 fully saturated rings. The number of fused-ring (bicyclic) bond motifs is 1. The SMILES string of the molecule is COC(=O)C(CC(C)C)NC(=O)Cn1ncc2ccc(OC)c(OC)c2c1=O. The normalized spacial score (nSPS) is 11.9. The molecular weight excluding hydrogens is 366 g/mol. The highest BCUT2D eigenvalue weighted by Gasteiger charge is 2.23. The van der Waals surface area contributed by atoms with E-state index in [4.69, 9.17) is 14.2 Å². The van der Waals surface area contributed by atoms with Crippen LogP contribution in [0.3, 0.4) is 0 Å². The van der Waals surface area contributed by atoms with Crippen LogP contribution in [0.5, 0.6) is 11.5 Å².